The summed E-state index contributed by atoms with van der Waals surface area (Å²) in [6.07, 6.45) is 2.54. The van der Waals surface area contributed by atoms with Crippen molar-refractivity contribution in [3.63, 3.8) is 0 Å². The second kappa shape index (κ2) is 9.52. The van der Waals surface area contributed by atoms with Crippen LogP contribution in [0.15, 0.2) is 78.9 Å². The molecule has 0 aliphatic carbocycles. The molecule has 1 aliphatic heterocycles. The van der Waals surface area contributed by atoms with Gasteiger partial charge in [0.25, 0.3) is 5.91 Å². The molecular weight excluding hydrogens is 402 g/mol. The van der Waals surface area contributed by atoms with Crippen LogP contribution in [0.1, 0.15) is 23.6 Å². The minimum absolute atomic E-state index is 0.0273. The number of amides is 1. The molecule has 3 aromatic carbocycles. The summed E-state index contributed by atoms with van der Waals surface area (Å²) in [7, 11) is 1.60. The largest absolute Gasteiger partial charge is 0.497 e. The minimum atomic E-state index is -0.549. The maximum Gasteiger partial charge on any atom is 0.339 e. The Morgan fingerprint density at radius 2 is 1.75 bits per heavy atom. The number of methoxy groups -OCH3 is 1. The quantitative estimate of drug-likeness (QED) is 0.323. The number of hydrogen-bond acceptors (Lipinski definition) is 4. The number of anilines is 1. The molecule has 0 radical (unpaired) electrons. The van der Waals surface area contributed by atoms with Gasteiger partial charge in [-0.25, -0.2) is 4.79 Å². The first kappa shape index (κ1) is 21.4. The number of para-hydroxylation sites is 1. The molecule has 1 amide bonds. The lowest BCUT2D eigenvalue weighted by atomic mass is 10.0. The van der Waals surface area contributed by atoms with Crippen molar-refractivity contribution in [2.45, 2.75) is 19.4 Å². The van der Waals surface area contributed by atoms with Gasteiger partial charge in [0.15, 0.2) is 6.61 Å². The monoisotopic (exact) mass is 427 g/mol. The van der Waals surface area contributed by atoms with Crippen molar-refractivity contribution in [3.8, 4) is 5.75 Å². The highest BCUT2D eigenvalue weighted by molar-refractivity contribution is 6.22. The van der Waals surface area contributed by atoms with Crippen molar-refractivity contribution in [3.05, 3.63) is 95.6 Å². The third-order valence-electron chi connectivity index (χ3n) is 5.51. The number of rotatable bonds is 6. The van der Waals surface area contributed by atoms with Crippen molar-refractivity contribution in [2.24, 2.45) is 0 Å². The van der Waals surface area contributed by atoms with Crippen LogP contribution < -0.4 is 9.64 Å². The first-order chi connectivity index (χ1) is 15.6. The molecule has 0 saturated carbocycles. The first-order valence-corrected chi connectivity index (χ1v) is 10.5. The average Bonchev–Trinajstić information content (AvgIpc) is 3.17. The van der Waals surface area contributed by atoms with E-state index in [9.17, 15) is 9.59 Å². The summed E-state index contributed by atoms with van der Waals surface area (Å²) in [5.74, 6) is -0.0894. The topological polar surface area (TPSA) is 55.8 Å². The van der Waals surface area contributed by atoms with Crippen LogP contribution in [0, 0.1) is 0 Å². The standard InChI is InChI=1S/C27H25NO4/c1-19-15-22-12-6-7-14-25(22)28(19)26(29)18-32-27(30)24(21-10-4-3-5-11-21)17-20-9-8-13-23(16-20)31-2/h3-14,16-17,19H,15,18H2,1-2H3. The van der Waals surface area contributed by atoms with Gasteiger partial charge in [-0.15, -0.1) is 0 Å². The molecule has 162 valence electrons. The summed E-state index contributed by atoms with van der Waals surface area (Å²) >= 11 is 0. The fourth-order valence-corrected chi connectivity index (χ4v) is 4.00. The van der Waals surface area contributed by atoms with Crippen LogP contribution in [0.2, 0.25) is 0 Å². The van der Waals surface area contributed by atoms with Gasteiger partial charge in [-0.3, -0.25) is 4.79 Å². The van der Waals surface area contributed by atoms with E-state index in [1.165, 1.54) is 0 Å². The summed E-state index contributed by atoms with van der Waals surface area (Å²) < 4.78 is 10.8. The summed E-state index contributed by atoms with van der Waals surface area (Å²) in [4.78, 5) is 27.7. The van der Waals surface area contributed by atoms with E-state index in [1.807, 2.05) is 85.8 Å². The van der Waals surface area contributed by atoms with Gasteiger partial charge in [-0.05, 0) is 54.3 Å². The molecule has 1 aliphatic rings. The first-order valence-electron chi connectivity index (χ1n) is 10.5. The highest BCUT2D eigenvalue weighted by Crippen LogP contribution is 2.32. The lowest BCUT2D eigenvalue weighted by Crippen LogP contribution is -2.38. The van der Waals surface area contributed by atoms with E-state index in [0.717, 1.165) is 23.2 Å². The van der Waals surface area contributed by atoms with Crippen molar-refractivity contribution in [1.82, 2.24) is 0 Å². The predicted molar refractivity (Wildman–Crippen MR) is 125 cm³/mol. The lowest BCUT2D eigenvalue weighted by Gasteiger charge is -2.22. The fourth-order valence-electron chi connectivity index (χ4n) is 4.00. The molecule has 1 heterocycles. The second-order valence-corrected chi connectivity index (χ2v) is 7.72. The normalized spacial score (nSPS) is 15.2. The Bertz CT molecular complexity index is 1150. The molecule has 4 rings (SSSR count). The van der Waals surface area contributed by atoms with Gasteiger partial charge < -0.3 is 14.4 Å². The third kappa shape index (κ3) is 4.57. The zero-order valence-corrected chi connectivity index (χ0v) is 18.2. The van der Waals surface area contributed by atoms with E-state index >= 15 is 0 Å². The Labute approximate surface area is 187 Å². The molecular formula is C27H25NO4. The van der Waals surface area contributed by atoms with E-state index in [0.29, 0.717) is 16.9 Å². The highest BCUT2D eigenvalue weighted by Gasteiger charge is 2.31. The SMILES string of the molecule is COc1cccc(C=C(C(=O)OCC(=O)N2c3ccccc3CC2C)c2ccccc2)c1. The Hall–Kier alpha value is -3.86. The van der Waals surface area contributed by atoms with Crippen LogP contribution in [0.3, 0.4) is 0 Å². The summed E-state index contributed by atoms with van der Waals surface area (Å²) in [6.45, 7) is 1.68. The fraction of sp³-hybridized carbons (Fsp3) is 0.185. The Balaban J connectivity index is 1.54. The van der Waals surface area contributed by atoms with Gasteiger partial charge in [0, 0.05) is 11.7 Å². The predicted octanol–water partition coefficient (Wildman–Crippen LogP) is 4.76. The van der Waals surface area contributed by atoms with Gasteiger partial charge >= 0.3 is 5.97 Å². The van der Waals surface area contributed by atoms with Crippen LogP contribution >= 0.6 is 0 Å². The van der Waals surface area contributed by atoms with E-state index in [1.54, 1.807) is 18.1 Å². The van der Waals surface area contributed by atoms with Crippen LogP contribution in [0.25, 0.3) is 11.6 Å². The average molecular weight is 428 g/mol. The van der Waals surface area contributed by atoms with Gasteiger partial charge in [0.1, 0.15) is 5.75 Å². The second-order valence-electron chi connectivity index (χ2n) is 7.72. The number of carbonyl (C=O) groups is 2. The van der Waals surface area contributed by atoms with Crippen molar-refractivity contribution in [1.29, 1.82) is 0 Å². The van der Waals surface area contributed by atoms with Crippen LogP contribution in [0.5, 0.6) is 5.75 Å². The summed E-state index contributed by atoms with van der Waals surface area (Å²) in [5.41, 5.74) is 3.90. The van der Waals surface area contributed by atoms with Gasteiger partial charge in [-0.1, -0.05) is 60.7 Å². The zero-order chi connectivity index (χ0) is 22.5. The third-order valence-corrected chi connectivity index (χ3v) is 5.51. The van der Waals surface area contributed by atoms with Crippen LogP contribution in [0.4, 0.5) is 5.69 Å². The molecule has 0 bridgehead atoms. The summed E-state index contributed by atoms with van der Waals surface area (Å²) in [6, 6.07) is 24.5. The molecule has 0 fully saturated rings. The molecule has 0 spiro atoms. The maximum absolute atomic E-state index is 13.1. The van der Waals surface area contributed by atoms with Gasteiger partial charge in [-0.2, -0.15) is 0 Å². The number of carbonyl (C=O) groups excluding carboxylic acids is 2. The number of esters is 1. The molecule has 0 saturated heterocycles. The number of hydrogen-bond donors (Lipinski definition) is 0. The Kier molecular flexibility index (Phi) is 6.36. The molecule has 32 heavy (non-hydrogen) atoms. The number of fused-ring (bicyclic) bond motifs is 1. The lowest BCUT2D eigenvalue weighted by molar-refractivity contribution is -0.142. The molecule has 1 unspecified atom stereocenters. The molecule has 0 N–H and O–H groups in total. The number of ether oxygens (including phenoxy) is 2. The van der Waals surface area contributed by atoms with E-state index in [2.05, 4.69) is 0 Å². The van der Waals surface area contributed by atoms with Crippen LogP contribution in [-0.4, -0.2) is 31.6 Å². The van der Waals surface area contributed by atoms with Crippen molar-refractivity contribution in [2.75, 3.05) is 18.6 Å². The van der Waals surface area contributed by atoms with E-state index in [4.69, 9.17) is 9.47 Å². The molecule has 5 heteroatoms. The van der Waals surface area contributed by atoms with E-state index < -0.39 is 5.97 Å². The zero-order valence-electron chi connectivity index (χ0n) is 18.2. The Morgan fingerprint density at radius 1 is 1.00 bits per heavy atom. The summed E-state index contributed by atoms with van der Waals surface area (Å²) in [5, 5.41) is 0. The van der Waals surface area contributed by atoms with E-state index in [-0.39, 0.29) is 18.6 Å². The smallest absolute Gasteiger partial charge is 0.339 e. The molecule has 5 nitrogen and oxygen atoms in total. The number of nitrogens with zero attached hydrogens (tertiary/aromatic N) is 1. The molecule has 3 aromatic rings. The maximum atomic E-state index is 13.1. The molecule has 1 atom stereocenters. The Morgan fingerprint density at radius 3 is 2.53 bits per heavy atom. The van der Waals surface area contributed by atoms with Crippen LogP contribution in [-0.2, 0) is 20.7 Å². The van der Waals surface area contributed by atoms with Crippen molar-refractivity contribution >= 4 is 29.2 Å². The van der Waals surface area contributed by atoms with Crippen molar-refractivity contribution < 1.29 is 19.1 Å². The van der Waals surface area contributed by atoms with Gasteiger partial charge in [0.05, 0.1) is 12.7 Å². The number of benzene rings is 3. The molecule has 0 aromatic heterocycles. The minimum Gasteiger partial charge on any atom is -0.497 e. The highest BCUT2D eigenvalue weighted by atomic mass is 16.5. The van der Waals surface area contributed by atoms with Gasteiger partial charge in [0.2, 0.25) is 0 Å².